The number of benzene rings is 1. The van der Waals surface area contributed by atoms with Gasteiger partial charge in [-0.15, -0.1) is 0 Å². The van der Waals surface area contributed by atoms with E-state index in [-0.39, 0.29) is 46.5 Å². The zero-order chi connectivity index (χ0) is 15.4. The molecule has 0 aromatic heterocycles. The zero-order valence-corrected chi connectivity index (χ0v) is 13.9. The number of carbonyl (C=O) groups excluding carboxylic acids is 2. The maximum Gasteiger partial charge on any atom is 0.310 e. The van der Waals surface area contributed by atoms with Crippen LogP contribution in [-0.4, -0.2) is 22.8 Å². The molecular weight excluding hydrogens is 346 g/mol. The summed E-state index contributed by atoms with van der Waals surface area (Å²) >= 11 is 3.63. The number of hydrogen-bond donors (Lipinski definition) is 1. The van der Waals surface area contributed by atoms with Crippen LogP contribution in [0.4, 0.5) is 5.69 Å². The lowest BCUT2D eigenvalue weighted by atomic mass is 9.79. The van der Waals surface area contributed by atoms with Gasteiger partial charge in [-0.05, 0) is 36.5 Å². The predicted octanol–water partition coefficient (Wildman–Crippen LogP) is 2.76. The van der Waals surface area contributed by atoms with E-state index < -0.39 is 0 Å². The van der Waals surface area contributed by atoms with Gasteiger partial charge in [-0.3, -0.25) is 9.59 Å². The third-order valence-electron chi connectivity index (χ3n) is 5.46. The third-order valence-corrected chi connectivity index (χ3v) is 6.66. The van der Waals surface area contributed by atoms with Gasteiger partial charge in [0.25, 0.3) is 0 Å². The first kappa shape index (κ1) is 14.2. The van der Waals surface area contributed by atoms with E-state index in [9.17, 15) is 9.59 Å². The van der Waals surface area contributed by atoms with Crippen molar-refractivity contribution in [1.29, 1.82) is 0 Å². The Morgan fingerprint density at radius 3 is 2.73 bits per heavy atom. The predicted molar refractivity (Wildman–Crippen MR) is 85.6 cm³/mol. The van der Waals surface area contributed by atoms with Gasteiger partial charge in [-0.1, -0.05) is 35.0 Å². The molecule has 1 N–H and O–H groups in total. The van der Waals surface area contributed by atoms with Crippen LogP contribution in [0.2, 0.25) is 0 Å². The van der Waals surface area contributed by atoms with Gasteiger partial charge in [0.2, 0.25) is 5.91 Å². The quantitative estimate of drug-likeness (QED) is 0.663. The second-order valence-corrected chi connectivity index (χ2v) is 7.56. The SMILES string of the molecule is CCc1ccc(NC(=O)[C@@H]2[C@H]3C[C@H]4[C@H](OC(=O)[C@H]42)[C@H]3Br)cc1. The highest BCUT2D eigenvalue weighted by Gasteiger charge is 2.67. The van der Waals surface area contributed by atoms with E-state index in [0.717, 1.165) is 18.5 Å². The Morgan fingerprint density at radius 2 is 2.05 bits per heavy atom. The Hall–Kier alpha value is -1.36. The number of anilines is 1. The topological polar surface area (TPSA) is 55.4 Å². The van der Waals surface area contributed by atoms with Crippen LogP contribution in [0.1, 0.15) is 18.9 Å². The standard InChI is InChI=1S/C17H18BrNO3/c1-2-8-3-5-9(6-4-8)19-16(20)12-10-7-11-13(12)17(21)22-15(11)14(10)18/h3-6,10-15H,2,7H2,1H3,(H,19,20)/t10-,11-,12-,13-,14+,15+/m1/s1. The molecule has 2 saturated carbocycles. The maximum absolute atomic E-state index is 12.7. The fourth-order valence-corrected chi connectivity index (χ4v) is 5.42. The third kappa shape index (κ3) is 1.94. The summed E-state index contributed by atoms with van der Waals surface area (Å²) in [6.07, 6.45) is 1.85. The molecule has 0 radical (unpaired) electrons. The van der Waals surface area contributed by atoms with Crippen LogP contribution in [-0.2, 0) is 20.7 Å². The molecule has 1 aliphatic heterocycles. The molecule has 22 heavy (non-hydrogen) atoms. The van der Waals surface area contributed by atoms with Gasteiger partial charge in [0.15, 0.2) is 0 Å². The number of rotatable bonds is 3. The van der Waals surface area contributed by atoms with Gasteiger partial charge in [0.1, 0.15) is 6.10 Å². The molecule has 4 rings (SSSR count). The van der Waals surface area contributed by atoms with Crippen molar-refractivity contribution in [2.45, 2.75) is 30.7 Å². The van der Waals surface area contributed by atoms with E-state index in [2.05, 4.69) is 28.2 Å². The van der Waals surface area contributed by atoms with Crippen molar-refractivity contribution in [1.82, 2.24) is 0 Å². The molecule has 6 atom stereocenters. The summed E-state index contributed by atoms with van der Waals surface area (Å²) < 4.78 is 5.45. The van der Waals surface area contributed by atoms with Crippen LogP contribution >= 0.6 is 15.9 Å². The first-order valence-electron chi connectivity index (χ1n) is 7.84. The van der Waals surface area contributed by atoms with E-state index in [1.54, 1.807) is 0 Å². The van der Waals surface area contributed by atoms with Gasteiger partial charge in [0.05, 0.1) is 16.7 Å². The van der Waals surface area contributed by atoms with Crippen molar-refractivity contribution in [2.75, 3.05) is 5.32 Å². The van der Waals surface area contributed by atoms with E-state index in [1.165, 1.54) is 5.56 Å². The molecule has 1 amide bonds. The fourth-order valence-electron chi connectivity index (χ4n) is 4.38. The highest BCUT2D eigenvalue weighted by atomic mass is 79.9. The molecule has 2 aliphatic carbocycles. The van der Waals surface area contributed by atoms with Crippen LogP contribution < -0.4 is 5.32 Å². The summed E-state index contributed by atoms with van der Waals surface area (Å²) in [7, 11) is 0. The summed E-state index contributed by atoms with van der Waals surface area (Å²) in [6, 6.07) is 7.88. The van der Waals surface area contributed by atoms with E-state index in [4.69, 9.17) is 4.74 Å². The summed E-state index contributed by atoms with van der Waals surface area (Å²) in [5.74, 6) is -0.365. The first-order valence-corrected chi connectivity index (χ1v) is 8.76. The average molecular weight is 364 g/mol. The van der Waals surface area contributed by atoms with E-state index in [1.807, 2.05) is 24.3 Å². The highest BCUT2D eigenvalue weighted by molar-refractivity contribution is 9.09. The Balaban J connectivity index is 1.54. The molecule has 5 heteroatoms. The summed E-state index contributed by atoms with van der Waals surface area (Å²) in [6.45, 7) is 2.10. The molecule has 0 unspecified atom stereocenters. The van der Waals surface area contributed by atoms with Crippen molar-refractivity contribution in [3.05, 3.63) is 29.8 Å². The molecule has 1 heterocycles. The Bertz CT molecular complexity index is 629. The van der Waals surface area contributed by atoms with Crippen molar-refractivity contribution in [2.24, 2.45) is 23.7 Å². The number of aryl methyl sites for hydroxylation is 1. The summed E-state index contributed by atoms with van der Waals surface area (Å²) in [4.78, 5) is 24.9. The second kappa shape index (κ2) is 5.08. The maximum atomic E-state index is 12.7. The van der Waals surface area contributed by atoms with Gasteiger partial charge >= 0.3 is 5.97 Å². The Morgan fingerprint density at radius 1 is 1.32 bits per heavy atom. The van der Waals surface area contributed by atoms with Crippen molar-refractivity contribution in [3.8, 4) is 0 Å². The monoisotopic (exact) mass is 363 g/mol. The normalized spacial score (nSPS) is 38.2. The van der Waals surface area contributed by atoms with Gasteiger partial charge < -0.3 is 10.1 Å². The van der Waals surface area contributed by atoms with Crippen LogP contribution in [0.25, 0.3) is 0 Å². The lowest BCUT2D eigenvalue weighted by Gasteiger charge is -2.27. The minimum absolute atomic E-state index is 0.0320. The number of nitrogens with one attached hydrogen (secondary N) is 1. The summed E-state index contributed by atoms with van der Waals surface area (Å²) in [5, 5.41) is 2.98. The fraction of sp³-hybridized carbons (Fsp3) is 0.529. The highest BCUT2D eigenvalue weighted by Crippen LogP contribution is 2.60. The lowest BCUT2D eigenvalue weighted by Crippen LogP contribution is -2.40. The van der Waals surface area contributed by atoms with Crippen molar-refractivity contribution in [3.63, 3.8) is 0 Å². The molecule has 2 bridgehead atoms. The van der Waals surface area contributed by atoms with Crippen LogP contribution in [0.5, 0.6) is 0 Å². The average Bonchev–Trinajstić information content (AvgIpc) is 3.12. The first-order chi connectivity index (χ1) is 10.6. The molecule has 1 saturated heterocycles. The molecule has 0 spiro atoms. The number of alkyl halides is 1. The molecule has 4 nitrogen and oxygen atoms in total. The summed E-state index contributed by atoms with van der Waals surface area (Å²) in [5.41, 5.74) is 2.03. The molecular formula is C17H18BrNO3. The van der Waals surface area contributed by atoms with Crippen LogP contribution in [0.3, 0.4) is 0 Å². The van der Waals surface area contributed by atoms with Gasteiger partial charge in [-0.25, -0.2) is 0 Å². The second-order valence-electron chi connectivity index (χ2n) is 6.50. The molecule has 116 valence electrons. The number of hydrogen-bond acceptors (Lipinski definition) is 3. The number of fused-ring (bicyclic) bond motifs is 1. The number of ether oxygens (including phenoxy) is 1. The minimum atomic E-state index is -0.272. The smallest absolute Gasteiger partial charge is 0.310 e. The van der Waals surface area contributed by atoms with E-state index in [0.29, 0.717) is 0 Å². The van der Waals surface area contributed by atoms with Gasteiger partial charge in [-0.2, -0.15) is 0 Å². The van der Waals surface area contributed by atoms with Crippen molar-refractivity contribution < 1.29 is 14.3 Å². The lowest BCUT2D eigenvalue weighted by molar-refractivity contribution is -0.145. The Labute approximate surface area is 137 Å². The molecule has 1 aromatic rings. The zero-order valence-electron chi connectivity index (χ0n) is 12.3. The molecule has 3 aliphatic rings. The molecule has 3 fully saturated rings. The number of carbonyl (C=O) groups is 2. The van der Waals surface area contributed by atoms with E-state index >= 15 is 0 Å². The van der Waals surface area contributed by atoms with Crippen molar-refractivity contribution >= 4 is 33.5 Å². The van der Waals surface area contributed by atoms with Crippen LogP contribution in [0.15, 0.2) is 24.3 Å². The largest absolute Gasteiger partial charge is 0.461 e. The minimum Gasteiger partial charge on any atom is -0.461 e. The molecule has 1 aromatic carbocycles. The van der Waals surface area contributed by atoms with Crippen LogP contribution in [0, 0.1) is 23.7 Å². The van der Waals surface area contributed by atoms with Gasteiger partial charge in [0, 0.05) is 11.6 Å². The number of esters is 1. The number of amides is 1. The number of halogens is 1. The Kier molecular flexibility index (Phi) is 3.29.